The van der Waals surface area contributed by atoms with Gasteiger partial charge in [0.1, 0.15) is 0 Å². The number of carbonyl (C=O) groups excluding carboxylic acids is 1. The number of nitrogens with one attached hydrogen (secondary N) is 1. The predicted molar refractivity (Wildman–Crippen MR) is 75.0 cm³/mol. The van der Waals surface area contributed by atoms with E-state index >= 15 is 0 Å². The standard InChI is InChI=1S/C14H19ClN2O2/c1-10(17-7-6-12(18)9-17)14(19)16-8-11-4-2-3-5-13(11)15/h2-5,10,12,18H,6-9H2,1H3,(H,16,19)/t10?,12-/m0/s1. The van der Waals surface area contributed by atoms with Gasteiger partial charge >= 0.3 is 0 Å². The number of hydrogen-bond donors (Lipinski definition) is 2. The number of nitrogens with zero attached hydrogens (tertiary/aromatic N) is 1. The second-order valence-electron chi connectivity index (χ2n) is 4.92. The van der Waals surface area contributed by atoms with Crippen LogP contribution in [-0.2, 0) is 11.3 Å². The van der Waals surface area contributed by atoms with Crippen LogP contribution in [0.4, 0.5) is 0 Å². The van der Waals surface area contributed by atoms with Crippen molar-refractivity contribution in [3.8, 4) is 0 Å². The smallest absolute Gasteiger partial charge is 0.237 e. The Hall–Kier alpha value is -1.10. The van der Waals surface area contributed by atoms with E-state index in [1.807, 2.05) is 36.1 Å². The maximum atomic E-state index is 12.0. The van der Waals surface area contributed by atoms with Gasteiger partial charge in [-0.1, -0.05) is 29.8 Å². The number of carbonyl (C=O) groups is 1. The van der Waals surface area contributed by atoms with E-state index in [-0.39, 0.29) is 18.1 Å². The molecule has 19 heavy (non-hydrogen) atoms. The molecule has 2 N–H and O–H groups in total. The van der Waals surface area contributed by atoms with E-state index in [9.17, 15) is 9.90 Å². The van der Waals surface area contributed by atoms with Crippen LogP contribution in [0.5, 0.6) is 0 Å². The van der Waals surface area contributed by atoms with Gasteiger partial charge in [0, 0.05) is 24.7 Å². The van der Waals surface area contributed by atoms with E-state index in [0.717, 1.165) is 18.5 Å². The van der Waals surface area contributed by atoms with E-state index in [0.29, 0.717) is 18.1 Å². The van der Waals surface area contributed by atoms with Crippen molar-refractivity contribution in [2.24, 2.45) is 0 Å². The molecule has 0 aliphatic carbocycles. The van der Waals surface area contributed by atoms with E-state index in [4.69, 9.17) is 11.6 Å². The van der Waals surface area contributed by atoms with E-state index in [1.165, 1.54) is 0 Å². The largest absolute Gasteiger partial charge is 0.392 e. The van der Waals surface area contributed by atoms with E-state index in [1.54, 1.807) is 0 Å². The lowest BCUT2D eigenvalue weighted by Gasteiger charge is -2.23. The van der Waals surface area contributed by atoms with Gasteiger partial charge in [-0.3, -0.25) is 9.69 Å². The molecule has 104 valence electrons. The van der Waals surface area contributed by atoms with Crippen molar-refractivity contribution >= 4 is 17.5 Å². The molecule has 1 fully saturated rings. The van der Waals surface area contributed by atoms with Crippen molar-refractivity contribution in [3.63, 3.8) is 0 Å². The third-order valence-electron chi connectivity index (χ3n) is 3.53. The van der Waals surface area contributed by atoms with Gasteiger partial charge in [-0.2, -0.15) is 0 Å². The minimum Gasteiger partial charge on any atom is -0.392 e. The lowest BCUT2D eigenvalue weighted by molar-refractivity contribution is -0.125. The Morgan fingerprint density at radius 1 is 1.58 bits per heavy atom. The zero-order valence-electron chi connectivity index (χ0n) is 11.0. The molecule has 1 amide bonds. The lowest BCUT2D eigenvalue weighted by Crippen LogP contribution is -2.44. The number of benzene rings is 1. The molecule has 0 spiro atoms. The average molecular weight is 283 g/mol. The van der Waals surface area contributed by atoms with Crippen LogP contribution < -0.4 is 5.32 Å². The monoisotopic (exact) mass is 282 g/mol. The first-order chi connectivity index (χ1) is 9.08. The summed E-state index contributed by atoms with van der Waals surface area (Å²) in [5.41, 5.74) is 0.908. The molecule has 1 unspecified atom stereocenters. The first-order valence-electron chi connectivity index (χ1n) is 6.51. The molecule has 1 heterocycles. The van der Waals surface area contributed by atoms with Gasteiger partial charge in [-0.15, -0.1) is 0 Å². The van der Waals surface area contributed by atoms with Crippen LogP contribution in [0.25, 0.3) is 0 Å². The molecule has 1 aromatic rings. The highest BCUT2D eigenvalue weighted by molar-refractivity contribution is 6.31. The number of amides is 1. The minimum atomic E-state index is -0.307. The summed E-state index contributed by atoms with van der Waals surface area (Å²) in [4.78, 5) is 14.0. The summed E-state index contributed by atoms with van der Waals surface area (Å²) in [6, 6.07) is 7.24. The molecule has 1 aliphatic heterocycles. The zero-order valence-corrected chi connectivity index (χ0v) is 11.7. The fraction of sp³-hybridized carbons (Fsp3) is 0.500. The Morgan fingerprint density at radius 3 is 2.95 bits per heavy atom. The Morgan fingerprint density at radius 2 is 2.32 bits per heavy atom. The number of halogens is 1. The van der Waals surface area contributed by atoms with Gasteiger partial charge in [-0.25, -0.2) is 0 Å². The van der Waals surface area contributed by atoms with E-state index in [2.05, 4.69) is 5.32 Å². The van der Waals surface area contributed by atoms with Crippen molar-refractivity contribution in [2.75, 3.05) is 13.1 Å². The first kappa shape index (κ1) is 14.3. The number of hydrogen-bond acceptors (Lipinski definition) is 3. The number of β-amino-alcohol motifs (C(OH)–C–C–N with tert-alkyl or cyclic N) is 1. The SMILES string of the molecule is CC(C(=O)NCc1ccccc1Cl)N1CC[C@H](O)C1. The molecular weight excluding hydrogens is 264 g/mol. The molecule has 0 aromatic heterocycles. The van der Waals surface area contributed by atoms with Gasteiger partial charge < -0.3 is 10.4 Å². The number of aliphatic hydroxyl groups is 1. The van der Waals surface area contributed by atoms with Crippen molar-refractivity contribution in [3.05, 3.63) is 34.9 Å². The first-order valence-corrected chi connectivity index (χ1v) is 6.89. The van der Waals surface area contributed by atoms with E-state index < -0.39 is 0 Å². The van der Waals surface area contributed by atoms with Crippen molar-refractivity contribution in [1.82, 2.24) is 10.2 Å². The third kappa shape index (κ3) is 3.69. The molecule has 0 bridgehead atoms. The summed E-state index contributed by atoms with van der Waals surface area (Å²) in [5, 5.41) is 13.0. The van der Waals surface area contributed by atoms with Crippen molar-refractivity contribution in [2.45, 2.75) is 32.0 Å². The maximum Gasteiger partial charge on any atom is 0.237 e. The summed E-state index contributed by atoms with van der Waals surface area (Å²) >= 11 is 6.04. The van der Waals surface area contributed by atoms with Crippen LogP contribution in [-0.4, -0.2) is 41.1 Å². The van der Waals surface area contributed by atoms with Crippen LogP contribution in [0.15, 0.2) is 24.3 Å². The quantitative estimate of drug-likeness (QED) is 0.878. The Balaban J connectivity index is 1.86. The van der Waals surface area contributed by atoms with Crippen LogP contribution in [0.2, 0.25) is 5.02 Å². The van der Waals surface area contributed by atoms with Gasteiger partial charge in [0.05, 0.1) is 12.1 Å². The van der Waals surface area contributed by atoms with Gasteiger partial charge in [0.25, 0.3) is 0 Å². The zero-order chi connectivity index (χ0) is 13.8. The van der Waals surface area contributed by atoms with Crippen LogP contribution in [0.3, 0.4) is 0 Å². The summed E-state index contributed by atoms with van der Waals surface area (Å²) in [5.74, 6) is -0.0333. The lowest BCUT2D eigenvalue weighted by atomic mass is 10.2. The molecule has 1 saturated heterocycles. The second kappa shape index (κ2) is 6.37. The Bertz CT molecular complexity index is 453. The molecule has 2 atom stereocenters. The average Bonchev–Trinajstić information content (AvgIpc) is 2.83. The highest BCUT2D eigenvalue weighted by atomic mass is 35.5. The maximum absolute atomic E-state index is 12.0. The highest BCUT2D eigenvalue weighted by Gasteiger charge is 2.28. The molecule has 4 nitrogen and oxygen atoms in total. The minimum absolute atomic E-state index is 0.0333. The Labute approximate surface area is 118 Å². The normalized spacial score (nSPS) is 21.3. The molecular formula is C14H19ClN2O2. The Kier molecular flexibility index (Phi) is 4.80. The second-order valence-corrected chi connectivity index (χ2v) is 5.33. The molecule has 0 radical (unpaired) electrons. The molecule has 0 saturated carbocycles. The fourth-order valence-corrected chi connectivity index (χ4v) is 2.46. The number of likely N-dealkylation sites (tertiary alicyclic amines) is 1. The number of aliphatic hydroxyl groups excluding tert-OH is 1. The van der Waals surface area contributed by atoms with Crippen molar-refractivity contribution in [1.29, 1.82) is 0 Å². The summed E-state index contributed by atoms with van der Waals surface area (Å²) in [6.07, 6.45) is 0.432. The molecule has 1 aliphatic rings. The predicted octanol–water partition coefficient (Wildman–Crippen LogP) is 1.41. The summed E-state index contributed by atoms with van der Waals surface area (Å²) in [7, 11) is 0. The molecule has 2 rings (SSSR count). The van der Waals surface area contributed by atoms with Crippen molar-refractivity contribution < 1.29 is 9.90 Å². The van der Waals surface area contributed by atoms with Gasteiger partial charge in [-0.05, 0) is 25.0 Å². The third-order valence-corrected chi connectivity index (χ3v) is 3.90. The summed E-state index contributed by atoms with van der Waals surface area (Å²) in [6.45, 7) is 3.63. The van der Waals surface area contributed by atoms with Gasteiger partial charge in [0.2, 0.25) is 5.91 Å². The molecule has 1 aromatic carbocycles. The van der Waals surface area contributed by atoms with Gasteiger partial charge in [0.15, 0.2) is 0 Å². The van der Waals surface area contributed by atoms with Crippen LogP contribution in [0.1, 0.15) is 18.9 Å². The van der Waals surface area contributed by atoms with Crippen LogP contribution in [0, 0.1) is 0 Å². The summed E-state index contributed by atoms with van der Waals surface area (Å²) < 4.78 is 0. The number of rotatable bonds is 4. The molecule has 5 heteroatoms. The highest BCUT2D eigenvalue weighted by Crippen LogP contribution is 2.15. The fourth-order valence-electron chi connectivity index (χ4n) is 2.26. The van der Waals surface area contributed by atoms with Crippen LogP contribution >= 0.6 is 11.6 Å². The topological polar surface area (TPSA) is 52.6 Å².